The first-order valence-corrected chi connectivity index (χ1v) is 7.11. The van der Waals surface area contributed by atoms with Gasteiger partial charge in [0.05, 0.1) is 11.1 Å². The molecule has 1 aromatic heterocycles. The molecule has 0 fully saturated rings. The number of sulfonamides is 1. The van der Waals surface area contributed by atoms with E-state index in [0.717, 1.165) is 0 Å². The van der Waals surface area contributed by atoms with Gasteiger partial charge >= 0.3 is 0 Å². The second-order valence-corrected chi connectivity index (χ2v) is 7.16. The van der Waals surface area contributed by atoms with E-state index < -0.39 is 21.2 Å². The fraction of sp³-hybridized carbons (Fsp3) is 0.727. The third kappa shape index (κ3) is 2.90. The predicted molar refractivity (Wildman–Crippen MR) is 68.6 cm³/mol. The van der Waals surface area contributed by atoms with Crippen molar-refractivity contribution in [2.24, 2.45) is 7.05 Å². The minimum absolute atomic E-state index is 0.0418. The van der Waals surface area contributed by atoms with E-state index >= 15 is 0 Å². The van der Waals surface area contributed by atoms with Crippen LogP contribution < -0.4 is 4.72 Å². The Labute approximate surface area is 108 Å². The average Bonchev–Trinajstić information content (AvgIpc) is 2.43. The van der Waals surface area contributed by atoms with Gasteiger partial charge in [-0.05, 0) is 34.6 Å². The van der Waals surface area contributed by atoms with Crippen LogP contribution in [0.25, 0.3) is 0 Å². The van der Waals surface area contributed by atoms with Crippen LogP contribution in [0.5, 0.6) is 0 Å². The number of aryl methyl sites for hydroxylation is 2. The predicted octanol–water partition coefficient (Wildman–Crippen LogP) is 0.556. The molecular weight excluding hydrogens is 254 g/mol. The molecule has 0 saturated carbocycles. The summed E-state index contributed by atoms with van der Waals surface area (Å²) in [6.45, 7) is 8.08. The third-order valence-electron chi connectivity index (χ3n) is 3.28. The molecule has 0 radical (unpaired) electrons. The minimum atomic E-state index is -3.74. The molecule has 0 amide bonds. The Balaban J connectivity index is 3.10. The first kappa shape index (κ1) is 15.1. The van der Waals surface area contributed by atoms with Gasteiger partial charge in [-0.15, -0.1) is 0 Å². The van der Waals surface area contributed by atoms with Gasteiger partial charge in [0.2, 0.25) is 0 Å². The molecule has 6 nitrogen and oxygen atoms in total. The molecule has 0 unspecified atom stereocenters. The van der Waals surface area contributed by atoms with Crippen LogP contribution in [0, 0.1) is 6.92 Å². The van der Waals surface area contributed by atoms with Gasteiger partial charge in [-0.1, -0.05) is 0 Å². The molecule has 0 atom stereocenters. The van der Waals surface area contributed by atoms with Crippen molar-refractivity contribution in [3.8, 4) is 0 Å². The normalized spacial score (nSPS) is 13.9. The molecule has 0 spiro atoms. The molecule has 0 aliphatic carbocycles. The van der Waals surface area contributed by atoms with E-state index in [1.807, 2.05) is 0 Å². The quantitative estimate of drug-likeness (QED) is 0.840. The zero-order valence-electron chi connectivity index (χ0n) is 11.6. The molecule has 0 aromatic carbocycles. The lowest BCUT2D eigenvalue weighted by Crippen LogP contribution is -2.57. The Morgan fingerprint density at radius 3 is 2.17 bits per heavy atom. The first-order valence-electron chi connectivity index (χ1n) is 5.63. The molecule has 0 bridgehead atoms. The summed E-state index contributed by atoms with van der Waals surface area (Å²) in [6.07, 6.45) is 1.44. The van der Waals surface area contributed by atoms with Crippen molar-refractivity contribution >= 4 is 10.0 Å². The summed E-state index contributed by atoms with van der Waals surface area (Å²) in [5.41, 5.74) is -2.19. The SMILES string of the molecule is Cc1nc(S(=O)(=O)NC(C)(C)C(C)(C)O)cn1C. The number of nitrogens with zero attached hydrogens (tertiary/aromatic N) is 2. The molecule has 104 valence electrons. The highest BCUT2D eigenvalue weighted by molar-refractivity contribution is 7.89. The lowest BCUT2D eigenvalue weighted by Gasteiger charge is -2.37. The van der Waals surface area contributed by atoms with Crippen molar-refractivity contribution in [2.45, 2.75) is 50.8 Å². The number of hydrogen-bond acceptors (Lipinski definition) is 4. The first-order chi connectivity index (χ1) is 7.87. The lowest BCUT2D eigenvalue weighted by molar-refractivity contribution is 0.00636. The number of nitrogens with one attached hydrogen (secondary N) is 1. The molecule has 1 rings (SSSR count). The average molecular weight is 275 g/mol. The van der Waals surface area contributed by atoms with E-state index in [2.05, 4.69) is 9.71 Å². The van der Waals surface area contributed by atoms with Gasteiger partial charge < -0.3 is 9.67 Å². The van der Waals surface area contributed by atoms with Gasteiger partial charge in [0.25, 0.3) is 10.0 Å². The van der Waals surface area contributed by atoms with Crippen molar-refractivity contribution in [3.63, 3.8) is 0 Å². The van der Waals surface area contributed by atoms with Crippen molar-refractivity contribution in [2.75, 3.05) is 0 Å². The molecular formula is C11H21N3O3S. The molecule has 1 heterocycles. The summed E-state index contributed by atoms with van der Waals surface area (Å²) in [5, 5.41) is 9.92. The van der Waals surface area contributed by atoms with E-state index in [1.54, 1.807) is 46.2 Å². The summed E-state index contributed by atoms with van der Waals surface area (Å²) in [6, 6.07) is 0. The van der Waals surface area contributed by atoms with E-state index in [-0.39, 0.29) is 5.03 Å². The summed E-state index contributed by atoms with van der Waals surface area (Å²) in [7, 11) is -2.02. The second-order valence-electron chi connectivity index (χ2n) is 5.53. The van der Waals surface area contributed by atoms with Crippen molar-refractivity contribution < 1.29 is 13.5 Å². The van der Waals surface area contributed by atoms with Crippen molar-refractivity contribution in [3.05, 3.63) is 12.0 Å². The molecule has 0 aliphatic rings. The molecule has 2 N–H and O–H groups in total. The van der Waals surface area contributed by atoms with E-state index in [0.29, 0.717) is 5.82 Å². The van der Waals surface area contributed by atoms with E-state index in [9.17, 15) is 13.5 Å². The van der Waals surface area contributed by atoms with Crippen LogP contribution in [-0.4, -0.2) is 34.2 Å². The maximum absolute atomic E-state index is 12.2. The standard InChI is InChI=1S/C11H21N3O3S/c1-8-12-9(7-14(8)6)18(16,17)13-10(2,3)11(4,5)15/h7,13,15H,1-6H3. The van der Waals surface area contributed by atoms with E-state index in [4.69, 9.17) is 0 Å². The highest BCUT2D eigenvalue weighted by atomic mass is 32.2. The van der Waals surface area contributed by atoms with E-state index in [1.165, 1.54) is 6.20 Å². The van der Waals surface area contributed by atoms with Crippen LogP contribution in [0.2, 0.25) is 0 Å². The van der Waals surface area contributed by atoms with Crippen molar-refractivity contribution in [1.82, 2.24) is 14.3 Å². The number of aliphatic hydroxyl groups is 1. The number of hydrogen-bond donors (Lipinski definition) is 2. The molecule has 1 aromatic rings. The Bertz CT molecular complexity index is 519. The van der Waals surface area contributed by atoms with Crippen molar-refractivity contribution in [1.29, 1.82) is 0 Å². The fourth-order valence-electron chi connectivity index (χ4n) is 1.17. The zero-order valence-corrected chi connectivity index (χ0v) is 12.5. The summed E-state index contributed by atoms with van der Waals surface area (Å²) >= 11 is 0. The van der Waals surface area contributed by atoms with Crippen LogP contribution in [-0.2, 0) is 17.1 Å². The topological polar surface area (TPSA) is 84.2 Å². The second kappa shape index (κ2) is 4.32. The lowest BCUT2D eigenvalue weighted by atomic mass is 9.87. The summed E-state index contributed by atoms with van der Waals surface area (Å²) in [5.74, 6) is 0.608. The minimum Gasteiger partial charge on any atom is -0.389 e. The Morgan fingerprint density at radius 1 is 1.33 bits per heavy atom. The Morgan fingerprint density at radius 2 is 1.83 bits per heavy atom. The Hall–Kier alpha value is -0.920. The van der Waals surface area contributed by atoms with Crippen LogP contribution in [0.15, 0.2) is 11.2 Å². The van der Waals surface area contributed by atoms with Crippen LogP contribution in [0.4, 0.5) is 0 Å². The smallest absolute Gasteiger partial charge is 0.260 e. The number of aromatic nitrogens is 2. The molecule has 0 aliphatic heterocycles. The number of rotatable bonds is 4. The zero-order chi connectivity index (χ0) is 14.4. The van der Waals surface area contributed by atoms with Gasteiger partial charge in [0.1, 0.15) is 5.82 Å². The molecule has 0 saturated heterocycles. The van der Waals surface area contributed by atoms with Gasteiger partial charge in [-0.25, -0.2) is 18.1 Å². The molecule has 7 heteroatoms. The highest BCUT2D eigenvalue weighted by Gasteiger charge is 2.39. The van der Waals surface area contributed by atoms with Gasteiger partial charge in [-0.2, -0.15) is 0 Å². The van der Waals surface area contributed by atoms with Gasteiger partial charge in [0, 0.05) is 13.2 Å². The maximum atomic E-state index is 12.2. The summed E-state index contributed by atoms with van der Waals surface area (Å²) < 4.78 is 28.4. The monoisotopic (exact) mass is 275 g/mol. The molecule has 18 heavy (non-hydrogen) atoms. The van der Waals surface area contributed by atoms with Crippen LogP contribution in [0.1, 0.15) is 33.5 Å². The fourth-order valence-corrected chi connectivity index (χ4v) is 2.74. The van der Waals surface area contributed by atoms with Crippen LogP contribution in [0.3, 0.4) is 0 Å². The third-order valence-corrected chi connectivity index (χ3v) is 4.81. The summed E-state index contributed by atoms with van der Waals surface area (Å²) in [4.78, 5) is 3.98. The highest BCUT2D eigenvalue weighted by Crippen LogP contribution is 2.23. The van der Waals surface area contributed by atoms with Gasteiger partial charge in [0.15, 0.2) is 5.03 Å². The largest absolute Gasteiger partial charge is 0.389 e. The Kier molecular flexibility index (Phi) is 3.64. The van der Waals surface area contributed by atoms with Gasteiger partial charge in [-0.3, -0.25) is 0 Å². The van der Waals surface area contributed by atoms with Crippen LogP contribution >= 0.6 is 0 Å². The maximum Gasteiger partial charge on any atom is 0.260 e. The number of imidazole rings is 1.